The standard InChI is InChI=1S/C12H17NO5S/c1-18-12(15)11-5-3-10(4-6-11)9-19(16,17)13-7-2-8-14/h3-6,13-14H,2,7-9H2,1H3. The molecule has 7 heteroatoms. The van der Waals surface area contributed by atoms with E-state index in [9.17, 15) is 13.2 Å². The van der Waals surface area contributed by atoms with Gasteiger partial charge in [0.1, 0.15) is 0 Å². The van der Waals surface area contributed by atoms with E-state index in [-0.39, 0.29) is 18.9 Å². The predicted octanol–water partition coefficient (Wildman–Crippen LogP) is 0.275. The highest BCUT2D eigenvalue weighted by molar-refractivity contribution is 7.88. The van der Waals surface area contributed by atoms with Crippen LogP contribution in [0.2, 0.25) is 0 Å². The predicted molar refractivity (Wildman–Crippen MR) is 70.1 cm³/mol. The molecule has 0 aromatic heterocycles. The molecule has 0 bridgehead atoms. The number of carbonyl (C=O) groups excluding carboxylic acids is 1. The molecule has 2 N–H and O–H groups in total. The minimum atomic E-state index is -3.42. The maximum atomic E-state index is 11.7. The van der Waals surface area contributed by atoms with Crippen LogP contribution in [0, 0.1) is 0 Å². The average molecular weight is 287 g/mol. The lowest BCUT2D eigenvalue weighted by molar-refractivity contribution is 0.0600. The Morgan fingerprint density at radius 2 is 1.95 bits per heavy atom. The second kappa shape index (κ2) is 7.22. The molecule has 0 radical (unpaired) electrons. The number of ether oxygens (including phenoxy) is 1. The molecule has 0 spiro atoms. The molecule has 0 fully saturated rings. The van der Waals surface area contributed by atoms with Crippen LogP contribution in [0.4, 0.5) is 0 Å². The van der Waals surface area contributed by atoms with Crippen LogP contribution in [0.15, 0.2) is 24.3 Å². The van der Waals surface area contributed by atoms with Crippen molar-refractivity contribution in [1.29, 1.82) is 0 Å². The highest BCUT2D eigenvalue weighted by Gasteiger charge is 2.11. The van der Waals surface area contributed by atoms with Crippen LogP contribution in [0.25, 0.3) is 0 Å². The molecule has 0 unspecified atom stereocenters. The summed E-state index contributed by atoms with van der Waals surface area (Å²) in [6.07, 6.45) is 0.376. The van der Waals surface area contributed by atoms with Crippen molar-refractivity contribution in [2.45, 2.75) is 12.2 Å². The van der Waals surface area contributed by atoms with E-state index >= 15 is 0 Å². The first-order chi connectivity index (χ1) is 8.98. The highest BCUT2D eigenvalue weighted by atomic mass is 32.2. The van der Waals surface area contributed by atoms with Gasteiger partial charge in [-0.25, -0.2) is 17.9 Å². The van der Waals surface area contributed by atoms with E-state index in [0.29, 0.717) is 17.5 Å². The van der Waals surface area contributed by atoms with Gasteiger partial charge in [-0.1, -0.05) is 12.1 Å². The summed E-state index contributed by atoms with van der Waals surface area (Å²) in [7, 11) is -2.14. The van der Waals surface area contributed by atoms with Crippen LogP contribution in [0.3, 0.4) is 0 Å². The van der Waals surface area contributed by atoms with E-state index in [2.05, 4.69) is 9.46 Å². The van der Waals surface area contributed by atoms with Crippen LogP contribution in [0.1, 0.15) is 22.3 Å². The van der Waals surface area contributed by atoms with E-state index in [1.807, 2.05) is 0 Å². The van der Waals surface area contributed by atoms with Gasteiger partial charge in [0, 0.05) is 13.2 Å². The third kappa shape index (κ3) is 5.37. The summed E-state index contributed by atoms with van der Waals surface area (Å²) in [6.45, 7) is 0.148. The zero-order valence-corrected chi connectivity index (χ0v) is 11.4. The summed E-state index contributed by atoms with van der Waals surface area (Å²) >= 11 is 0. The van der Waals surface area contributed by atoms with Crippen LogP contribution >= 0.6 is 0 Å². The van der Waals surface area contributed by atoms with Gasteiger partial charge in [-0.2, -0.15) is 0 Å². The van der Waals surface area contributed by atoms with Gasteiger partial charge in [0.25, 0.3) is 0 Å². The topological polar surface area (TPSA) is 92.7 Å². The molecule has 19 heavy (non-hydrogen) atoms. The van der Waals surface area contributed by atoms with Gasteiger partial charge >= 0.3 is 5.97 Å². The maximum Gasteiger partial charge on any atom is 0.337 e. The van der Waals surface area contributed by atoms with E-state index in [1.165, 1.54) is 19.2 Å². The van der Waals surface area contributed by atoms with Crippen molar-refractivity contribution >= 4 is 16.0 Å². The summed E-state index contributed by atoms with van der Waals surface area (Å²) in [5.74, 6) is -0.629. The lowest BCUT2D eigenvalue weighted by Gasteiger charge is -2.06. The quantitative estimate of drug-likeness (QED) is 0.555. The Hall–Kier alpha value is -1.44. The molecular weight excluding hydrogens is 270 g/mol. The number of methoxy groups -OCH3 is 1. The largest absolute Gasteiger partial charge is 0.465 e. The van der Waals surface area contributed by atoms with E-state index in [1.54, 1.807) is 12.1 Å². The average Bonchev–Trinajstić information content (AvgIpc) is 2.38. The van der Waals surface area contributed by atoms with Crippen molar-refractivity contribution in [1.82, 2.24) is 4.72 Å². The number of aliphatic hydroxyl groups excluding tert-OH is 1. The Morgan fingerprint density at radius 1 is 1.32 bits per heavy atom. The number of rotatable bonds is 7. The minimum absolute atomic E-state index is 0.0592. The van der Waals surface area contributed by atoms with Gasteiger partial charge in [-0.3, -0.25) is 0 Å². The Bertz CT molecular complexity index is 509. The number of sulfonamides is 1. The molecule has 0 atom stereocenters. The Balaban J connectivity index is 2.64. The first-order valence-corrected chi connectivity index (χ1v) is 7.39. The lowest BCUT2D eigenvalue weighted by Crippen LogP contribution is -2.26. The van der Waals surface area contributed by atoms with Gasteiger partial charge in [-0.05, 0) is 24.1 Å². The van der Waals surface area contributed by atoms with Crippen LogP contribution in [0.5, 0.6) is 0 Å². The van der Waals surface area contributed by atoms with Crippen LogP contribution in [-0.2, 0) is 20.5 Å². The van der Waals surface area contributed by atoms with Crippen molar-refractivity contribution in [3.63, 3.8) is 0 Å². The van der Waals surface area contributed by atoms with E-state index < -0.39 is 16.0 Å². The molecule has 0 amide bonds. The number of hydrogen-bond donors (Lipinski definition) is 2. The zero-order chi connectivity index (χ0) is 14.3. The second-order valence-corrected chi connectivity index (χ2v) is 5.73. The third-order valence-corrected chi connectivity index (χ3v) is 3.75. The molecule has 0 aliphatic rings. The zero-order valence-electron chi connectivity index (χ0n) is 10.6. The van der Waals surface area contributed by atoms with Crippen molar-refractivity contribution in [2.24, 2.45) is 0 Å². The van der Waals surface area contributed by atoms with Gasteiger partial charge in [0.2, 0.25) is 10.0 Å². The van der Waals surface area contributed by atoms with Gasteiger partial charge in [0.05, 0.1) is 18.4 Å². The Morgan fingerprint density at radius 3 is 2.47 bits per heavy atom. The van der Waals surface area contributed by atoms with Crippen molar-refractivity contribution in [3.05, 3.63) is 35.4 Å². The molecule has 1 rings (SSSR count). The number of nitrogens with one attached hydrogen (secondary N) is 1. The fourth-order valence-electron chi connectivity index (χ4n) is 1.43. The molecule has 0 aliphatic heterocycles. The lowest BCUT2D eigenvalue weighted by atomic mass is 10.1. The van der Waals surface area contributed by atoms with Gasteiger partial charge in [-0.15, -0.1) is 0 Å². The van der Waals surface area contributed by atoms with Crippen molar-refractivity contribution in [3.8, 4) is 0 Å². The second-order valence-electron chi connectivity index (χ2n) is 3.92. The summed E-state index contributed by atoms with van der Waals surface area (Å²) in [5, 5.41) is 8.58. The summed E-state index contributed by atoms with van der Waals surface area (Å²) in [6, 6.07) is 6.17. The molecule has 0 heterocycles. The summed E-state index contributed by atoms with van der Waals surface area (Å²) < 4.78 is 30.3. The molecule has 1 aromatic carbocycles. The van der Waals surface area contributed by atoms with Crippen LogP contribution in [-0.4, -0.2) is 39.8 Å². The first kappa shape index (κ1) is 15.6. The monoisotopic (exact) mass is 287 g/mol. The first-order valence-electron chi connectivity index (χ1n) is 5.74. The fraction of sp³-hybridized carbons (Fsp3) is 0.417. The molecule has 6 nitrogen and oxygen atoms in total. The van der Waals surface area contributed by atoms with E-state index in [0.717, 1.165) is 0 Å². The normalized spacial score (nSPS) is 11.3. The maximum absolute atomic E-state index is 11.7. The SMILES string of the molecule is COC(=O)c1ccc(CS(=O)(=O)NCCCO)cc1. The fourth-order valence-corrected chi connectivity index (χ4v) is 2.62. The number of esters is 1. The molecule has 0 saturated heterocycles. The van der Waals surface area contributed by atoms with E-state index in [4.69, 9.17) is 5.11 Å². The number of benzene rings is 1. The summed E-state index contributed by atoms with van der Waals surface area (Å²) in [4.78, 5) is 11.2. The number of aliphatic hydroxyl groups is 1. The van der Waals surface area contributed by atoms with Crippen molar-refractivity contribution < 1.29 is 23.1 Å². The Kier molecular flexibility index (Phi) is 5.94. The molecule has 106 valence electrons. The van der Waals surface area contributed by atoms with Gasteiger partial charge < -0.3 is 9.84 Å². The van der Waals surface area contributed by atoms with Crippen LogP contribution < -0.4 is 4.72 Å². The minimum Gasteiger partial charge on any atom is -0.465 e. The number of hydrogen-bond acceptors (Lipinski definition) is 5. The summed E-state index contributed by atoms with van der Waals surface area (Å²) in [5.41, 5.74) is 0.945. The number of carbonyl (C=O) groups is 1. The Labute approximate surface area is 112 Å². The molecular formula is C12H17NO5S. The van der Waals surface area contributed by atoms with Gasteiger partial charge in [0.15, 0.2) is 0 Å². The molecule has 1 aromatic rings. The third-order valence-electron chi connectivity index (χ3n) is 2.39. The smallest absolute Gasteiger partial charge is 0.337 e. The molecule has 0 saturated carbocycles. The highest BCUT2D eigenvalue weighted by Crippen LogP contribution is 2.08. The molecule has 0 aliphatic carbocycles. The van der Waals surface area contributed by atoms with Crippen molar-refractivity contribution in [2.75, 3.05) is 20.3 Å².